The van der Waals surface area contributed by atoms with Gasteiger partial charge in [-0.3, -0.25) is 0 Å². The Kier molecular flexibility index (Phi) is 5.88. The van der Waals surface area contributed by atoms with E-state index >= 15 is 0 Å². The molecule has 3 atom stereocenters. The van der Waals surface area contributed by atoms with E-state index in [1.807, 2.05) is 0 Å². The van der Waals surface area contributed by atoms with Crippen LogP contribution in [0.15, 0.2) is 42.5 Å². The zero-order chi connectivity index (χ0) is 14.4. The van der Waals surface area contributed by atoms with E-state index in [0.29, 0.717) is 0 Å². The summed E-state index contributed by atoms with van der Waals surface area (Å²) in [5.74, 6) is 3.45. The van der Waals surface area contributed by atoms with E-state index in [1.165, 1.54) is 37.7 Å². The minimum atomic E-state index is 0.814. The van der Waals surface area contributed by atoms with Gasteiger partial charge in [-0.15, -0.1) is 0 Å². The summed E-state index contributed by atoms with van der Waals surface area (Å²) in [6, 6.07) is 10.8. The summed E-state index contributed by atoms with van der Waals surface area (Å²) in [6.45, 7) is 7.21. The third kappa shape index (κ3) is 4.51. The standard InChI is InChI=1S/C20H30/c1-16(2)20-14-13-17(3)15-19(20)12-8-7-11-18-9-5-4-6-10-18/h4-6,8-10,12,16-17,19-20H,7,11,13-15H2,1-3H3/b12-8-/t17-,19-,20+/m1/s1. The fourth-order valence-corrected chi connectivity index (χ4v) is 3.66. The van der Waals surface area contributed by atoms with Gasteiger partial charge in [0, 0.05) is 0 Å². The molecule has 1 aromatic rings. The monoisotopic (exact) mass is 270 g/mol. The summed E-state index contributed by atoms with van der Waals surface area (Å²) in [5, 5.41) is 0. The smallest absolute Gasteiger partial charge is 0.0200 e. The van der Waals surface area contributed by atoms with Gasteiger partial charge in [-0.2, -0.15) is 0 Å². The summed E-state index contributed by atoms with van der Waals surface area (Å²) < 4.78 is 0. The average molecular weight is 270 g/mol. The van der Waals surface area contributed by atoms with Crippen LogP contribution in [0.1, 0.15) is 52.0 Å². The number of rotatable bonds is 5. The molecule has 1 aromatic carbocycles. The summed E-state index contributed by atoms with van der Waals surface area (Å²) in [7, 11) is 0. The molecule has 2 rings (SSSR count). The Morgan fingerprint density at radius 1 is 1.15 bits per heavy atom. The van der Waals surface area contributed by atoms with Crippen LogP contribution in [0.4, 0.5) is 0 Å². The molecule has 110 valence electrons. The summed E-state index contributed by atoms with van der Waals surface area (Å²) in [4.78, 5) is 0. The molecule has 1 aliphatic carbocycles. The highest BCUT2D eigenvalue weighted by Crippen LogP contribution is 2.38. The minimum Gasteiger partial charge on any atom is -0.0879 e. The Balaban J connectivity index is 1.85. The molecule has 0 amide bonds. The molecule has 0 radical (unpaired) electrons. The van der Waals surface area contributed by atoms with Crippen molar-refractivity contribution in [3.8, 4) is 0 Å². The predicted molar refractivity (Wildman–Crippen MR) is 88.7 cm³/mol. The number of hydrogen-bond acceptors (Lipinski definition) is 0. The van der Waals surface area contributed by atoms with Gasteiger partial charge in [-0.1, -0.05) is 69.7 Å². The Morgan fingerprint density at radius 3 is 2.60 bits per heavy atom. The van der Waals surface area contributed by atoms with Crippen molar-refractivity contribution in [1.82, 2.24) is 0 Å². The molecule has 0 saturated heterocycles. The van der Waals surface area contributed by atoms with E-state index in [0.717, 1.165) is 23.7 Å². The zero-order valence-corrected chi connectivity index (χ0v) is 13.4. The second-order valence-corrected chi connectivity index (χ2v) is 6.94. The van der Waals surface area contributed by atoms with Gasteiger partial charge in [0.05, 0.1) is 0 Å². The highest BCUT2D eigenvalue weighted by atomic mass is 14.3. The Bertz CT molecular complexity index is 401. The maximum Gasteiger partial charge on any atom is -0.0200 e. The predicted octanol–water partition coefficient (Wildman–Crippen LogP) is 5.88. The molecule has 1 fully saturated rings. The third-order valence-corrected chi connectivity index (χ3v) is 4.90. The zero-order valence-electron chi connectivity index (χ0n) is 13.4. The van der Waals surface area contributed by atoms with Gasteiger partial charge in [0.2, 0.25) is 0 Å². The number of allylic oxidation sites excluding steroid dienone is 2. The van der Waals surface area contributed by atoms with E-state index in [1.54, 1.807) is 0 Å². The van der Waals surface area contributed by atoms with Crippen LogP contribution >= 0.6 is 0 Å². The summed E-state index contributed by atoms with van der Waals surface area (Å²) in [6.07, 6.45) is 11.6. The van der Waals surface area contributed by atoms with Crippen LogP contribution in [0.25, 0.3) is 0 Å². The highest BCUT2D eigenvalue weighted by Gasteiger charge is 2.28. The van der Waals surface area contributed by atoms with Crippen molar-refractivity contribution >= 4 is 0 Å². The van der Waals surface area contributed by atoms with Gasteiger partial charge < -0.3 is 0 Å². The van der Waals surface area contributed by atoms with E-state index < -0.39 is 0 Å². The minimum absolute atomic E-state index is 0.814. The van der Waals surface area contributed by atoms with Crippen LogP contribution in [0, 0.1) is 23.7 Å². The highest BCUT2D eigenvalue weighted by molar-refractivity contribution is 5.15. The first-order valence-electron chi connectivity index (χ1n) is 8.37. The largest absolute Gasteiger partial charge is 0.0879 e. The Labute approximate surface area is 125 Å². The van der Waals surface area contributed by atoms with Crippen molar-refractivity contribution in [1.29, 1.82) is 0 Å². The van der Waals surface area contributed by atoms with E-state index in [2.05, 4.69) is 63.3 Å². The van der Waals surface area contributed by atoms with Crippen molar-refractivity contribution in [3.05, 3.63) is 48.0 Å². The molecular weight excluding hydrogens is 240 g/mol. The third-order valence-electron chi connectivity index (χ3n) is 4.90. The molecule has 0 aliphatic heterocycles. The molecular formula is C20H30. The molecule has 1 saturated carbocycles. The number of benzene rings is 1. The Hall–Kier alpha value is -1.04. The number of hydrogen-bond donors (Lipinski definition) is 0. The first kappa shape index (κ1) is 15.4. The molecule has 0 spiro atoms. The normalized spacial score (nSPS) is 27.3. The quantitative estimate of drug-likeness (QED) is 0.586. The topological polar surface area (TPSA) is 0 Å². The molecule has 20 heavy (non-hydrogen) atoms. The average Bonchev–Trinajstić information content (AvgIpc) is 2.44. The first-order chi connectivity index (χ1) is 9.66. The molecule has 0 bridgehead atoms. The number of aryl methyl sites for hydroxylation is 1. The van der Waals surface area contributed by atoms with Crippen molar-refractivity contribution < 1.29 is 0 Å². The first-order valence-corrected chi connectivity index (χ1v) is 8.37. The van der Waals surface area contributed by atoms with Crippen LogP contribution in [0.5, 0.6) is 0 Å². The van der Waals surface area contributed by atoms with Gasteiger partial charge in [0.1, 0.15) is 0 Å². The fraction of sp³-hybridized carbons (Fsp3) is 0.600. The second-order valence-electron chi connectivity index (χ2n) is 6.94. The summed E-state index contributed by atoms with van der Waals surface area (Å²) in [5.41, 5.74) is 1.45. The van der Waals surface area contributed by atoms with Gasteiger partial charge in [-0.25, -0.2) is 0 Å². The molecule has 0 N–H and O–H groups in total. The van der Waals surface area contributed by atoms with E-state index in [-0.39, 0.29) is 0 Å². The van der Waals surface area contributed by atoms with Crippen molar-refractivity contribution in [2.24, 2.45) is 23.7 Å². The van der Waals surface area contributed by atoms with E-state index in [4.69, 9.17) is 0 Å². The lowest BCUT2D eigenvalue weighted by atomic mass is 9.70. The fourth-order valence-electron chi connectivity index (χ4n) is 3.66. The molecule has 0 nitrogen and oxygen atoms in total. The lowest BCUT2D eigenvalue weighted by Gasteiger charge is -2.35. The molecule has 0 heterocycles. The van der Waals surface area contributed by atoms with Crippen molar-refractivity contribution in [3.63, 3.8) is 0 Å². The van der Waals surface area contributed by atoms with Gasteiger partial charge in [0.15, 0.2) is 0 Å². The lowest BCUT2D eigenvalue weighted by molar-refractivity contribution is 0.178. The maximum atomic E-state index is 2.53. The van der Waals surface area contributed by atoms with Crippen LogP contribution in [-0.4, -0.2) is 0 Å². The van der Waals surface area contributed by atoms with Crippen LogP contribution in [-0.2, 0) is 6.42 Å². The second kappa shape index (κ2) is 7.67. The molecule has 0 unspecified atom stereocenters. The Morgan fingerprint density at radius 2 is 1.90 bits per heavy atom. The molecule has 1 aliphatic rings. The SMILES string of the molecule is CC(C)[C@@H]1CC[C@@H](C)C[C@H]1/C=C\CCc1ccccc1. The molecule has 0 heteroatoms. The maximum absolute atomic E-state index is 2.53. The molecule has 0 aromatic heterocycles. The van der Waals surface area contributed by atoms with Crippen LogP contribution in [0.2, 0.25) is 0 Å². The van der Waals surface area contributed by atoms with Crippen LogP contribution < -0.4 is 0 Å². The van der Waals surface area contributed by atoms with E-state index in [9.17, 15) is 0 Å². The van der Waals surface area contributed by atoms with Gasteiger partial charge in [-0.05, 0) is 54.9 Å². The lowest BCUT2D eigenvalue weighted by Crippen LogP contribution is -2.26. The van der Waals surface area contributed by atoms with Gasteiger partial charge >= 0.3 is 0 Å². The van der Waals surface area contributed by atoms with Crippen LogP contribution in [0.3, 0.4) is 0 Å². The van der Waals surface area contributed by atoms with Crippen molar-refractivity contribution in [2.75, 3.05) is 0 Å². The van der Waals surface area contributed by atoms with Gasteiger partial charge in [0.25, 0.3) is 0 Å². The summed E-state index contributed by atoms with van der Waals surface area (Å²) >= 11 is 0. The van der Waals surface area contributed by atoms with Crippen molar-refractivity contribution in [2.45, 2.75) is 52.9 Å².